The van der Waals surface area contributed by atoms with Crippen LogP contribution in [0.1, 0.15) is 53.6 Å². The van der Waals surface area contributed by atoms with E-state index < -0.39 is 0 Å². The van der Waals surface area contributed by atoms with Crippen LogP contribution < -0.4 is 16.4 Å². The highest BCUT2D eigenvalue weighted by Gasteiger charge is 2.20. The van der Waals surface area contributed by atoms with E-state index in [-0.39, 0.29) is 17.6 Å². The average molecular weight is 380 g/mol. The fourth-order valence-corrected chi connectivity index (χ4v) is 3.66. The van der Waals surface area contributed by atoms with Crippen molar-refractivity contribution in [3.63, 3.8) is 0 Å². The van der Waals surface area contributed by atoms with Gasteiger partial charge in [0.15, 0.2) is 5.78 Å². The molecule has 0 unspecified atom stereocenters. The Morgan fingerprint density at radius 1 is 0.929 bits per heavy atom. The van der Waals surface area contributed by atoms with Crippen LogP contribution in [0.15, 0.2) is 48.5 Å². The molecule has 1 aliphatic rings. The van der Waals surface area contributed by atoms with Gasteiger partial charge in [-0.05, 0) is 36.6 Å². The van der Waals surface area contributed by atoms with E-state index in [1.807, 2.05) is 36.4 Å². The van der Waals surface area contributed by atoms with E-state index in [0.717, 1.165) is 31.2 Å². The smallest absolute Gasteiger partial charge is 0.223 e. The van der Waals surface area contributed by atoms with Crippen molar-refractivity contribution in [2.24, 2.45) is 5.92 Å². The number of nitrogen functional groups attached to an aromatic ring is 1. The number of carbonyl (C=O) groups excluding carboxylic acids is 2. The van der Waals surface area contributed by atoms with Crippen molar-refractivity contribution in [1.29, 1.82) is 0 Å². The summed E-state index contributed by atoms with van der Waals surface area (Å²) in [5.74, 6) is 0.350. The highest BCUT2D eigenvalue weighted by atomic mass is 16.1. The normalized spacial score (nSPS) is 14.6. The summed E-state index contributed by atoms with van der Waals surface area (Å²) in [6.45, 7) is 1.81. The van der Waals surface area contributed by atoms with Crippen LogP contribution in [0, 0.1) is 5.92 Å². The van der Waals surface area contributed by atoms with Gasteiger partial charge in [-0.15, -0.1) is 0 Å². The zero-order valence-electron chi connectivity index (χ0n) is 16.2. The van der Waals surface area contributed by atoms with E-state index in [4.69, 9.17) is 5.73 Å². The lowest BCUT2D eigenvalue weighted by Gasteiger charge is -2.20. The van der Waals surface area contributed by atoms with E-state index in [1.165, 1.54) is 6.42 Å². The third kappa shape index (κ3) is 5.42. The Hall–Kier alpha value is -2.66. The number of rotatable bonds is 8. The van der Waals surface area contributed by atoms with Gasteiger partial charge < -0.3 is 16.4 Å². The average Bonchev–Trinajstić information content (AvgIpc) is 2.75. The molecule has 0 aromatic heterocycles. The molecule has 2 aromatic carbocycles. The molecule has 3 rings (SSSR count). The minimum Gasteiger partial charge on any atom is -0.398 e. The van der Waals surface area contributed by atoms with Gasteiger partial charge in [-0.1, -0.05) is 49.6 Å². The SMILES string of the molecule is Nc1ccc(C(=O)c2ccccc2)cc1CNCCNC(=O)C1CCCCC1. The molecule has 0 atom stereocenters. The molecule has 28 heavy (non-hydrogen) atoms. The minimum atomic E-state index is -0.0124. The van der Waals surface area contributed by atoms with Crippen molar-refractivity contribution in [3.8, 4) is 0 Å². The summed E-state index contributed by atoms with van der Waals surface area (Å²) >= 11 is 0. The Morgan fingerprint density at radius 3 is 2.43 bits per heavy atom. The number of amides is 1. The summed E-state index contributed by atoms with van der Waals surface area (Å²) in [7, 11) is 0. The van der Waals surface area contributed by atoms with Gasteiger partial charge in [-0.2, -0.15) is 0 Å². The second-order valence-electron chi connectivity index (χ2n) is 7.41. The van der Waals surface area contributed by atoms with Gasteiger partial charge in [-0.25, -0.2) is 0 Å². The van der Waals surface area contributed by atoms with Crippen LogP contribution in [0.3, 0.4) is 0 Å². The van der Waals surface area contributed by atoms with Crippen molar-refractivity contribution in [2.75, 3.05) is 18.8 Å². The second kappa shape index (κ2) is 10.0. The minimum absolute atomic E-state index is 0.0124. The largest absolute Gasteiger partial charge is 0.398 e. The van der Waals surface area contributed by atoms with Gasteiger partial charge in [0.1, 0.15) is 0 Å². The molecule has 1 saturated carbocycles. The lowest BCUT2D eigenvalue weighted by Crippen LogP contribution is -2.36. The fraction of sp³-hybridized carbons (Fsp3) is 0.391. The quantitative estimate of drug-likeness (QED) is 0.373. The fourth-order valence-electron chi connectivity index (χ4n) is 3.66. The second-order valence-corrected chi connectivity index (χ2v) is 7.41. The van der Waals surface area contributed by atoms with Crippen LogP contribution >= 0.6 is 0 Å². The van der Waals surface area contributed by atoms with Crippen LogP contribution in [0.25, 0.3) is 0 Å². The van der Waals surface area contributed by atoms with Crippen molar-refractivity contribution < 1.29 is 9.59 Å². The Labute approximate surface area is 166 Å². The number of ketones is 1. The summed E-state index contributed by atoms with van der Waals surface area (Å²) in [4.78, 5) is 24.7. The molecule has 4 N–H and O–H groups in total. The Balaban J connectivity index is 1.47. The van der Waals surface area contributed by atoms with Gasteiger partial charge in [0.25, 0.3) is 0 Å². The van der Waals surface area contributed by atoms with Crippen molar-refractivity contribution in [3.05, 3.63) is 65.2 Å². The topological polar surface area (TPSA) is 84.2 Å². The molecule has 1 amide bonds. The Bertz CT molecular complexity index is 799. The number of nitrogens with one attached hydrogen (secondary N) is 2. The third-order valence-corrected chi connectivity index (χ3v) is 5.33. The summed E-state index contributed by atoms with van der Waals surface area (Å²) in [5.41, 5.74) is 8.90. The monoisotopic (exact) mass is 379 g/mol. The molecule has 5 nitrogen and oxygen atoms in total. The molecule has 1 fully saturated rings. The lowest BCUT2D eigenvalue weighted by atomic mass is 9.89. The van der Waals surface area contributed by atoms with E-state index in [1.54, 1.807) is 12.1 Å². The molecule has 148 valence electrons. The van der Waals surface area contributed by atoms with E-state index >= 15 is 0 Å². The van der Waals surface area contributed by atoms with Gasteiger partial charge in [0, 0.05) is 42.4 Å². The molecule has 1 aliphatic carbocycles. The van der Waals surface area contributed by atoms with Crippen molar-refractivity contribution >= 4 is 17.4 Å². The number of benzene rings is 2. The van der Waals surface area contributed by atoms with Crippen LogP contribution in [0.2, 0.25) is 0 Å². The van der Waals surface area contributed by atoms with Crippen molar-refractivity contribution in [1.82, 2.24) is 10.6 Å². The van der Waals surface area contributed by atoms with E-state index in [2.05, 4.69) is 10.6 Å². The standard InChI is InChI=1S/C23H29N3O2/c24-21-12-11-19(22(27)17-7-3-1-4-8-17)15-20(21)16-25-13-14-26-23(28)18-9-5-2-6-10-18/h1,3-4,7-8,11-12,15,18,25H,2,5-6,9-10,13-14,16,24H2,(H,26,28). The molecule has 5 heteroatoms. The first-order chi connectivity index (χ1) is 13.6. The van der Waals surface area contributed by atoms with Crippen LogP contribution in [0.5, 0.6) is 0 Å². The number of hydrogen-bond acceptors (Lipinski definition) is 4. The zero-order valence-corrected chi connectivity index (χ0v) is 16.2. The van der Waals surface area contributed by atoms with Crippen LogP contribution in [-0.4, -0.2) is 24.8 Å². The predicted octanol–water partition coefficient (Wildman–Crippen LogP) is 3.29. The molecule has 0 saturated heterocycles. The molecular weight excluding hydrogens is 350 g/mol. The summed E-state index contributed by atoms with van der Waals surface area (Å²) in [6.07, 6.45) is 5.59. The number of nitrogens with two attached hydrogens (primary N) is 1. The molecular formula is C23H29N3O2. The van der Waals surface area contributed by atoms with Crippen LogP contribution in [0.4, 0.5) is 5.69 Å². The van der Waals surface area contributed by atoms with Gasteiger partial charge >= 0.3 is 0 Å². The van der Waals surface area contributed by atoms with Crippen molar-refractivity contribution in [2.45, 2.75) is 38.6 Å². The summed E-state index contributed by atoms with van der Waals surface area (Å²) in [5, 5.41) is 6.32. The van der Waals surface area contributed by atoms with Gasteiger partial charge in [-0.3, -0.25) is 9.59 Å². The van der Waals surface area contributed by atoms with Gasteiger partial charge in [0.2, 0.25) is 5.91 Å². The highest BCUT2D eigenvalue weighted by Crippen LogP contribution is 2.23. The number of carbonyl (C=O) groups is 2. The summed E-state index contributed by atoms with van der Waals surface area (Å²) in [6, 6.07) is 14.6. The zero-order chi connectivity index (χ0) is 19.8. The lowest BCUT2D eigenvalue weighted by molar-refractivity contribution is -0.125. The molecule has 0 heterocycles. The maximum Gasteiger partial charge on any atom is 0.223 e. The third-order valence-electron chi connectivity index (χ3n) is 5.33. The first kappa shape index (κ1) is 20.1. The van der Waals surface area contributed by atoms with Gasteiger partial charge in [0.05, 0.1) is 0 Å². The number of anilines is 1. The molecule has 0 radical (unpaired) electrons. The Morgan fingerprint density at radius 2 is 1.68 bits per heavy atom. The highest BCUT2D eigenvalue weighted by molar-refractivity contribution is 6.09. The number of hydrogen-bond donors (Lipinski definition) is 3. The molecule has 0 spiro atoms. The first-order valence-corrected chi connectivity index (χ1v) is 10.1. The Kier molecular flexibility index (Phi) is 7.20. The summed E-state index contributed by atoms with van der Waals surface area (Å²) < 4.78 is 0. The van der Waals surface area contributed by atoms with Crippen LogP contribution in [-0.2, 0) is 11.3 Å². The molecule has 2 aromatic rings. The predicted molar refractivity (Wildman–Crippen MR) is 112 cm³/mol. The molecule has 0 aliphatic heterocycles. The first-order valence-electron chi connectivity index (χ1n) is 10.1. The van der Waals surface area contributed by atoms with E-state index in [9.17, 15) is 9.59 Å². The molecule has 0 bridgehead atoms. The maximum atomic E-state index is 12.6. The maximum absolute atomic E-state index is 12.6. The van der Waals surface area contributed by atoms with E-state index in [0.29, 0.717) is 36.4 Å².